The maximum atomic E-state index is 13.9. The fourth-order valence-corrected chi connectivity index (χ4v) is 5.70. The molecular formula is C25H21N3O5. The summed E-state index contributed by atoms with van der Waals surface area (Å²) in [5.74, 6) is -2.60. The Morgan fingerprint density at radius 2 is 1.58 bits per heavy atom. The molecule has 0 radical (unpaired) electrons. The summed E-state index contributed by atoms with van der Waals surface area (Å²) in [4.78, 5) is 58.4. The summed E-state index contributed by atoms with van der Waals surface area (Å²) in [5, 5.41) is 10.8. The first kappa shape index (κ1) is 19.7. The standard InChI is InChI=1S/C25H21N3O5/c29-22-14-7-1-2-8-15(14)23(30)28(22)20-12-16-13-6-3-4-9-17(13)26-21(16)18-10-5-11-19(25(32)33)27(18)24(20)31/h1-4,6-9,18-20,26H,5,10-12H2,(H,32,33)/t18-,19-,20-/m0/s1. The number of hydrogen-bond acceptors (Lipinski definition) is 4. The van der Waals surface area contributed by atoms with Crippen LogP contribution in [-0.4, -0.2) is 55.7 Å². The molecule has 3 amide bonds. The first-order valence-corrected chi connectivity index (χ1v) is 11.1. The van der Waals surface area contributed by atoms with Gasteiger partial charge in [0.1, 0.15) is 12.1 Å². The Morgan fingerprint density at radius 3 is 2.27 bits per heavy atom. The van der Waals surface area contributed by atoms with Crippen molar-refractivity contribution in [2.75, 3.05) is 0 Å². The molecule has 3 aliphatic heterocycles. The molecule has 1 aromatic heterocycles. The molecule has 0 saturated carbocycles. The lowest BCUT2D eigenvalue weighted by Gasteiger charge is -2.40. The number of aromatic amines is 1. The van der Waals surface area contributed by atoms with Gasteiger partial charge in [-0.05, 0) is 43.0 Å². The van der Waals surface area contributed by atoms with Gasteiger partial charge < -0.3 is 15.0 Å². The Labute approximate surface area is 188 Å². The second kappa shape index (κ2) is 7.03. The van der Waals surface area contributed by atoms with Gasteiger partial charge in [0.15, 0.2) is 0 Å². The summed E-state index contributed by atoms with van der Waals surface area (Å²) in [5.41, 5.74) is 3.08. The van der Waals surface area contributed by atoms with Gasteiger partial charge in [-0.1, -0.05) is 30.3 Å². The number of benzene rings is 2. The number of para-hydroxylation sites is 1. The van der Waals surface area contributed by atoms with Crippen LogP contribution in [0.4, 0.5) is 0 Å². The number of rotatable bonds is 2. The van der Waals surface area contributed by atoms with Gasteiger partial charge in [0.05, 0.1) is 17.2 Å². The number of hydrogen-bond donors (Lipinski definition) is 2. The molecule has 0 bridgehead atoms. The van der Waals surface area contributed by atoms with Gasteiger partial charge in [-0.15, -0.1) is 0 Å². The number of fused-ring (bicyclic) bond motifs is 6. The first-order valence-electron chi connectivity index (χ1n) is 11.1. The number of nitrogens with zero attached hydrogens (tertiary/aromatic N) is 2. The van der Waals surface area contributed by atoms with Crippen molar-refractivity contribution < 1.29 is 24.3 Å². The number of imide groups is 1. The van der Waals surface area contributed by atoms with E-state index in [-0.39, 0.29) is 17.5 Å². The van der Waals surface area contributed by atoms with Crippen molar-refractivity contribution >= 4 is 34.6 Å². The Balaban J connectivity index is 1.54. The van der Waals surface area contributed by atoms with Gasteiger partial charge in [-0.25, -0.2) is 4.79 Å². The molecule has 33 heavy (non-hydrogen) atoms. The van der Waals surface area contributed by atoms with Crippen LogP contribution in [0.1, 0.15) is 57.3 Å². The maximum absolute atomic E-state index is 13.9. The SMILES string of the molecule is O=C(O)[C@@H]1CCC[C@H]2c3[nH]c4ccccc4c3C[C@H](N3C(=O)c4ccccc4C3=O)C(=O)N12. The Hall–Kier alpha value is -3.94. The fraction of sp³-hybridized carbons (Fsp3) is 0.280. The molecule has 3 atom stereocenters. The van der Waals surface area contributed by atoms with Crippen molar-refractivity contribution in [1.29, 1.82) is 0 Å². The summed E-state index contributed by atoms with van der Waals surface area (Å²) < 4.78 is 0. The van der Waals surface area contributed by atoms with E-state index >= 15 is 0 Å². The van der Waals surface area contributed by atoms with Crippen LogP contribution >= 0.6 is 0 Å². The van der Waals surface area contributed by atoms with E-state index in [9.17, 15) is 24.3 Å². The first-order chi connectivity index (χ1) is 16.0. The van der Waals surface area contributed by atoms with Crippen molar-refractivity contribution in [2.45, 2.75) is 43.8 Å². The number of aliphatic carboxylic acids is 1. The Bertz CT molecular complexity index is 1320. The highest BCUT2D eigenvalue weighted by Gasteiger charge is 2.50. The third-order valence-electron chi connectivity index (χ3n) is 7.17. The minimum Gasteiger partial charge on any atom is -0.480 e. The van der Waals surface area contributed by atoms with Crippen molar-refractivity contribution in [3.05, 3.63) is 70.9 Å². The second-order valence-corrected chi connectivity index (χ2v) is 8.85. The van der Waals surface area contributed by atoms with Crippen LogP contribution in [0.3, 0.4) is 0 Å². The van der Waals surface area contributed by atoms with E-state index in [1.807, 2.05) is 24.3 Å². The van der Waals surface area contributed by atoms with Gasteiger partial charge >= 0.3 is 5.97 Å². The monoisotopic (exact) mass is 443 g/mol. The van der Waals surface area contributed by atoms with Crippen molar-refractivity contribution in [3.63, 3.8) is 0 Å². The molecule has 1 saturated heterocycles. The summed E-state index contributed by atoms with van der Waals surface area (Å²) in [6, 6.07) is 11.6. The average Bonchev–Trinajstić information content (AvgIpc) is 3.27. The predicted octanol–water partition coefficient (Wildman–Crippen LogP) is 2.90. The number of piperidine rings is 1. The number of aromatic nitrogens is 1. The van der Waals surface area contributed by atoms with Crippen LogP contribution < -0.4 is 0 Å². The molecule has 2 aromatic carbocycles. The number of H-pyrrole nitrogens is 1. The highest BCUT2D eigenvalue weighted by molar-refractivity contribution is 6.23. The highest BCUT2D eigenvalue weighted by atomic mass is 16.4. The van der Waals surface area contributed by atoms with Crippen LogP contribution in [0.2, 0.25) is 0 Å². The fourth-order valence-electron chi connectivity index (χ4n) is 5.70. The molecule has 3 aromatic rings. The Kier molecular flexibility index (Phi) is 4.20. The zero-order valence-electron chi connectivity index (χ0n) is 17.7. The highest BCUT2D eigenvalue weighted by Crippen LogP contribution is 2.43. The number of carbonyl (C=O) groups excluding carboxylic acids is 3. The van der Waals surface area contributed by atoms with Crippen molar-refractivity contribution in [1.82, 2.24) is 14.8 Å². The zero-order valence-corrected chi connectivity index (χ0v) is 17.7. The summed E-state index contributed by atoms with van der Waals surface area (Å²) in [7, 11) is 0. The minimum absolute atomic E-state index is 0.142. The number of carboxylic acid groups (broad SMARTS) is 1. The van der Waals surface area contributed by atoms with E-state index in [1.54, 1.807) is 24.3 Å². The normalized spacial score (nSPS) is 24.5. The van der Waals surface area contributed by atoms with Crippen molar-refractivity contribution in [3.8, 4) is 0 Å². The van der Waals surface area contributed by atoms with E-state index in [1.165, 1.54) is 4.90 Å². The molecule has 0 spiro atoms. The van der Waals surface area contributed by atoms with E-state index < -0.39 is 41.8 Å². The van der Waals surface area contributed by atoms with E-state index in [0.29, 0.717) is 19.3 Å². The smallest absolute Gasteiger partial charge is 0.326 e. The van der Waals surface area contributed by atoms with Gasteiger partial charge in [0.25, 0.3) is 11.8 Å². The molecule has 1 fully saturated rings. The van der Waals surface area contributed by atoms with Gasteiger partial charge in [0.2, 0.25) is 5.91 Å². The molecule has 0 aliphatic carbocycles. The van der Waals surface area contributed by atoms with E-state index in [0.717, 1.165) is 27.1 Å². The van der Waals surface area contributed by atoms with Gasteiger partial charge in [-0.2, -0.15) is 0 Å². The topological polar surface area (TPSA) is 111 Å². The summed E-state index contributed by atoms with van der Waals surface area (Å²) >= 11 is 0. The van der Waals surface area contributed by atoms with Gasteiger partial charge in [-0.3, -0.25) is 19.3 Å². The zero-order chi connectivity index (χ0) is 22.9. The molecule has 8 nitrogen and oxygen atoms in total. The van der Waals surface area contributed by atoms with Crippen LogP contribution in [-0.2, 0) is 16.0 Å². The number of amides is 3. The third kappa shape index (κ3) is 2.70. The molecule has 166 valence electrons. The second-order valence-electron chi connectivity index (χ2n) is 8.85. The number of carbonyl (C=O) groups is 4. The molecule has 4 heterocycles. The summed E-state index contributed by atoms with van der Waals surface area (Å²) in [6.45, 7) is 0. The van der Waals surface area contributed by atoms with E-state index in [4.69, 9.17) is 0 Å². The van der Waals surface area contributed by atoms with E-state index in [2.05, 4.69) is 4.98 Å². The lowest BCUT2D eigenvalue weighted by molar-refractivity contribution is -0.156. The molecule has 2 N–H and O–H groups in total. The van der Waals surface area contributed by atoms with Crippen LogP contribution in [0.15, 0.2) is 48.5 Å². The molecule has 8 heteroatoms. The van der Waals surface area contributed by atoms with Crippen molar-refractivity contribution in [2.24, 2.45) is 0 Å². The molecule has 6 rings (SSSR count). The Morgan fingerprint density at radius 1 is 0.909 bits per heavy atom. The lowest BCUT2D eigenvalue weighted by Crippen LogP contribution is -2.56. The van der Waals surface area contributed by atoms with Gasteiger partial charge in [0, 0.05) is 23.0 Å². The maximum Gasteiger partial charge on any atom is 0.326 e. The largest absolute Gasteiger partial charge is 0.480 e. The summed E-state index contributed by atoms with van der Waals surface area (Å²) in [6.07, 6.45) is 1.76. The quantitative estimate of drug-likeness (QED) is 0.592. The molecule has 3 aliphatic rings. The van der Waals surface area contributed by atoms with Crippen LogP contribution in [0, 0.1) is 0 Å². The number of nitrogens with one attached hydrogen (secondary N) is 1. The van der Waals surface area contributed by atoms with Crippen LogP contribution in [0.25, 0.3) is 10.9 Å². The van der Waals surface area contributed by atoms with Crippen LogP contribution in [0.5, 0.6) is 0 Å². The third-order valence-corrected chi connectivity index (χ3v) is 7.17. The minimum atomic E-state index is -1.11. The predicted molar refractivity (Wildman–Crippen MR) is 118 cm³/mol. The molecular weight excluding hydrogens is 422 g/mol. The molecule has 0 unspecified atom stereocenters. The number of carboxylic acids is 1. The average molecular weight is 443 g/mol. The lowest BCUT2D eigenvalue weighted by atomic mass is 9.92.